The van der Waals surface area contributed by atoms with E-state index in [0.717, 1.165) is 11.3 Å². The van der Waals surface area contributed by atoms with Gasteiger partial charge in [0.05, 0.1) is 0 Å². The fraction of sp³-hybridized carbons (Fsp3) is 0.333. The first-order valence-electron chi connectivity index (χ1n) is 4.81. The third-order valence-corrected chi connectivity index (χ3v) is 2.67. The number of benzene rings is 1. The van der Waals surface area contributed by atoms with E-state index >= 15 is 0 Å². The second kappa shape index (κ2) is 3.25. The van der Waals surface area contributed by atoms with Crippen molar-refractivity contribution in [1.82, 2.24) is 0 Å². The molecule has 0 spiro atoms. The summed E-state index contributed by atoms with van der Waals surface area (Å²) in [6.07, 6.45) is 6.16. The first-order valence-corrected chi connectivity index (χ1v) is 4.81. The topological polar surface area (TPSA) is 26.0 Å². The Morgan fingerprint density at radius 1 is 1.31 bits per heavy atom. The molecule has 2 N–H and O–H groups in total. The van der Waals surface area contributed by atoms with Crippen LogP contribution in [0.15, 0.2) is 23.8 Å². The molecule has 68 valence electrons. The van der Waals surface area contributed by atoms with E-state index in [1.807, 2.05) is 6.92 Å². The first kappa shape index (κ1) is 8.36. The van der Waals surface area contributed by atoms with E-state index in [1.165, 1.54) is 24.8 Å². The van der Waals surface area contributed by atoms with Crippen molar-refractivity contribution in [3.63, 3.8) is 0 Å². The third-order valence-electron chi connectivity index (χ3n) is 2.67. The predicted molar refractivity (Wildman–Crippen MR) is 57.4 cm³/mol. The van der Waals surface area contributed by atoms with Crippen LogP contribution in [0.4, 0.5) is 5.69 Å². The summed E-state index contributed by atoms with van der Waals surface area (Å²) in [5, 5.41) is 0. The van der Waals surface area contributed by atoms with Crippen molar-refractivity contribution in [3.05, 3.63) is 34.9 Å². The van der Waals surface area contributed by atoms with Crippen molar-refractivity contribution < 1.29 is 0 Å². The average molecular weight is 173 g/mol. The molecule has 1 nitrogen and oxygen atoms in total. The molecule has 2 rings (SSSR count). The number of anilines is 1. The minimum absolute atomic E-state index is 0.897. The van der Waals surface area contributed by atoms with E-state index in [-0.39, 0.29) is 0 Å². The van der Waals surface area contributed by atoms with Gasteiger partial charge in [0, 0.05) is 5.69 Å². The summed E-state index contributed by atoms with van der Waals surface area (Å²) in [5.41, 5.74) is 10.7. The zero-order chi connectivity index (χ0) is 9.26. The Hall–Kier alpha value is -1.24. The second-order valence-corrected chi connectivity index (χ2v) is 3.77. The molecule has 0 aromatic heterocycles. The number of nitrogen functional groups attached to an aromatic ring is 1. The molecule has 0 saturated heterocycles. The average Bonchev–Trinajstić information content (AvgIpc) is 2.04. The summed E-state index contributed by atoms with van der Waals surface area (Å²) in [4.78, 5) is 0. The Labute approximate surface area is 79.3 Å². The summed E-state index contributed by atoms with van der Waals surface area (Å²) in [5.74, 6) is 0. The number of aryl methyl sites for hydroxylation is 1. The number of hydrogen-bond donors (Lipinski definition) is 1. The third kappa shape index (κ3) is 1.74. The number of hydrogen-bond acceptors (Lipinski definition) is 1. The maximum Gasteiger partial charge on any atom is 0.0349 e. The van der Waals surface area contributed by atoms with Gasteiger partial charge in [0.1, 0.15) is 0 Å². The van der Waals surface area contributed by atoms with Crippen LogP contribution in [0.1, 0.15) is 30.4 Å². The van der Waals surface area contributed by atoms with Gasteiger partial charge < -0.3 is 5.73 Å². The van der Waals surface area contributed by atoms with Crippen molar-refractivity contribution in [2.75, 3.05) is 5.73 Å². The van der Waals surface area contributed by atoms with Crippen molar-refractivity contribution in [2.45, 2.75) is 26.2 Å². The summed E-state index contributed by atoms with van der Waals surface area (Å²) in [7, 11) is 0. The zero-order valence-corrected chi connectivity index (χ0v) is 8.01. The van der Waals surface area contributed by atoms with Crippen molar-refractivity contribution >= 4 is 11.8 Å². The quantitative estimate of drug-likeness (QED) is 0.649. The van der Waals surface area contributed by atoms with E-state index in [0.29, 0.717) is 0 Å². The van der Waals surface area contributed by atoms with Gasteiger partial charge in [-0.2, -0.15) is 0 Å². The van der Waals surface area contributed by atoms with Crippen LogP contribution in [0.5, 0.6) is 0 Å². The molecular formula is C12H15N. The molecule has 1 aromatic rings. The minimum Gasteiger partial charge on any atom is -0.398 e. The van der Waals surface area contributed by atoms with Crippen molar-refractivity contribution in [1.29, 1.82) is 0 Å². The molecule has 1 heteroatoms. The lowest BCUT2D eigenvalue weighted by molar-refractivity contribution is 0.670. The summed E-state index contributed by atoms with van der Waals surface area (Å²) in [6, 6.07) is 6.28. The maximum absolute atomic E-state index is 5.83. The molecule has 1 saturated carbocycles. The number of rotatable bonds is 1. The fourth-order valence-electron chi connectivity index (χ4n) is 1.51. The van der Waals surface area contributed by atoms with Gasteiger partial charge in [-0.25, -0.2) is 0 Å². The van der Waals surface area contributed by atoms with Crippen LogP contribution < -0.4 is 5.73 Å². The van der Waals surface area contributed by atoms with Crippen LogP contribution in [0, 0.1) is 6.92 Å². The molecule has 0 amide bonds. The molecule has 13 heavy (non-hydrogen) atoms. The van der Waals surface area contributed by atoms with Gasteiger partial charge >= 0.3 is 0 Å². The Bertz CT molecular complexity index is 344. The number of allylic oxidation sites excluding steroid dienone is 1. The molecule has 1 fully saturated rings. The van der Waals surface area contributed by atoms with Crippen LogP contribution in [0.25, 0.3) is 6.08 Å². The summed E-state index contributed by atoms with van der Waals surface area (Å²) < 4.78 is 0. The standard InChI is InChI=1S/C12H15N/c1-9-5-6-11(8-12(9)13)7-10-3-2-4-10/h5-8H,2-4,13H2,1H3. The Kier molecular flexibility index (Phi) is 2.09. The molecular weight excluding hydrogens is 158 g/mol. The summed E-state index contributed by atoms with van der Waals surface area (Å²) in [6.45, 7) is 2.04. The molecule has 1 aromatic carbocycles. The molecule has 0 bridgehead atoms. The second-order valence-electron chi connectivity index (χ2n) is 3.77. The maximum atomic E-state index is 5.83. The molecule has 1 aliphatic carbocycles. The Morgan fingerprint density at radius 3 is 2.62 bits per heavy atom. The monoisotopic (exact) mass is 173 g/mol. The number of nitrogens with two attached hydrogens (primary N) is 1. The van der Waals surface area contributed by atoms with Gasteiger partial charge in [0.15, 0.2) is 0 Å². The molecule has 0 aliphatic heterocycles. The molecule has 0 unspecified atom stereocenters. The lowest BCUT2D eigenvalue weighted by Crippen LogP contribution is -1.96. The lowest BCUT2D eigenvalue weighted by Gasteiger charge is -2.16. The zero-order valence-electron chi connectivity index (χ0n) is 8.01. The van der Waals surface area contributed by atoms with E-state index in [2.05, 4.69) is 24.3 Å². The van der Waals surface area contributed by atoms with Crippen molar-refractivity contribution in [2.24, 2.45) is 0 Å². The van der Waals surface area contributed by atoms with Gasteiger partial charge in [-0.1, -0.05) is 23.8 Å². The van der Waals surface area contributed by atoms with Crippen LogP contribution in [-0.2, 0) is 0 Å². The molecule has 0 heterocycles. The molecule has 0 radical (unpaired) electrons. The largest absolute Gasteiger partial charge is 0.398 e. The predicted octanol–water partition coefficient (Wildman–Crippen LogP) is 3.14. The Morgan fingerprint density at radius 2 is 2.08 bits per heavy atom. The van der Waals surface area contributed by atoms with Crippen LogP contribution in [0.3, 0.4) is 0 Å². The molecule has 1 aliphatic rings. The van der Waals surface area contributed by atoms with E-state index in [9.17, 15) is 0 Å². The van der Waals surface area contributed by atoms with Crippen LogP contribution in [0.2, 0.25) is 0 Å². The van der Waals surface area contributed by atoms with E-state index in [4.69, 9.17) is 5.73 Å². The highest BCUT2D eigenvalue weighted by molar-refractivity contribution is 5.61. The summed E-state index contributed by atoms with van der Waals surface area (Å²) >= 11 is 0. The SMILES string of the molecule is Cc1ccc(C=C2CCC2)cc1N. The smallest absolute Gasteiger partial charge is 0.0349 e. The highest BCUT2D eigenvalue weighted by Gasteiger charge is 2.07. The van der Waals surface area contributed by atoms with E-state index in [1.54, 1.807) is 5.57 Å². The van der Waals surface area contributed by atoms with Crippen LogP contribution >= 0.6 is 0 Å². The van der Waals surface area contributed by atoms with Crippen LogP contribution in [-0.4, -0.2) is 0 Å². The fourth-order valence-corrected chi connectivity index (χ4v) is 1.51. The molecule has 0 atom stereocenters. The van der Waals surface area contributed by atoms with Gasteiger partial charge in [-0.15, -0.1) is 0 Å². The highest BCUT2D eigenvalue weighted by Crippen LogP contribution is 2.28. The van der Waals surface area contributed by atoms with Gasteiger partial charge in [0.25, 0.3) is 0 Å². The van der Waals surface area contributed by atoms with Gasteiger partial charge in [-0.05, 0) is 43.4 Å². The Balaban J connectivity index is 2.26. The normalized spacial score (nSPS) is 15.3. The van der Waals surface area contributed by atoms with Crippen molar-refractivity contribution in [3.8, 4) is 0 Å². The minimum atomic E-state index is 0.897. The lowest BCUT2D eigenvalue weighted by atomic mass is 9.90. The van der Waals surface area contributed by atoms with Gasteiger partial charge in [-0.3, -0.25) is 0 Å². The highest BCUT2D eigenvalue weighted by atomic mass is 14.5. The van der Waals surface area contributed by atoms with E-state index < -0.39 is 0 Å². The van der Waals surface area contributed by atoms with Gasteiger partial charge in [0.2, 0.25) is 0 Å². The first-order chi connectivity index (χ1) is 6.25.